The number of rotatable bonds is 7. The molecule has 5 nitrogen and oxygen atoms in total. The fourth-order valence-corrected chi connectivity index (χ4v) is 2.23. The van der Waals surface area contributed by atoms with Gasteiger partial charge in [0.05, 0.1) is 11.7 Å². The lowest BCUT2D eigenvalue weighted by molar-refractivity contribution is -0.124. The normalized spacial score (nSPS) is 11.4. The second-order valence-electron chi connectivity index (χ2n) is 5.55. The van der Waals surface area contributed by atoms with Crippen LogP contribution in [0.15, 0.2) is 54.6 Å². The maximum absolute atomic E-state index is 13.4. The molecule has 2 amide bonds. The summed E-state index contributed by atoms with van der Waals surface area (Å²) >= 11 is 0. The van der Waals surface area contributed by atoms with Crippen LogP contribution in [0.5, 0.6) is 0 Å². The molecule has 25 heavy (non-hydrogen) atoms. The first-order valence-corrected chi connectivity index (χ1v) is 7.90. The van der Waals surface area contributed by atoms with Crippen LogP contribution in [0, 0.1) is 5.82 Å². The van der Waals surface area contributed by atoms with E-state index in [2.05, 4.69) is 10.6 Å². The Kier molecular flexibility index (Phi) is 6.39. The van der Waals surface area contributed by atoms with Gasteiger partial charge in [-0.1, -0.05) is 42.5 Å². The van der Waals surface area contributed by atoms with Gasteiger partial charge < -0.3 is 10.6 Å². The molecule has 130 valence electrons. The van der Waals surface area contributed by atoms with Crippen molar-refractivity contribution in [1.82, 2.24) is 5.32 Å². The Morgan fingerprint density at radius 3 is 2.20 bits per heavy atom. The zero-order chi connectivity index (χ0) is 18.2. The molecule has 0 saturated heterocycles. The lowest BCUT2D eigenvalue weighted by Gasteiger charge is -2.13. The molecule has 0 aliphatic rings. The second kappa shape index (κ2) is 8.73. The van der Waals surface area contributed by atoms with Crippen LogP contribution in [0.3, 0.4) is 0 Å². The fourth-order valence-electron chi connectivity index (χ4n) is 2.23. The predicted molar refractivity (Wildman–Crippen MR) is 92.6 cm³/mol. The Labute approximate surface area is 145 Å². The van der Waals surface area contributed by atoms with Crippen LogP contribution >= 0.6 is 0 Å². The topological polar surface area (TPSA) is 75.3 Å². The van der Waals surface area contributed by atoms with Crippen LogP contribution in [-0.2, 0) is 9.59 Å². The molecule has 0 saturated carbocycles. The molecule has 0 fully saturated rings. The zero-order valence-electron chi connectivity index (χ0n) is 13.8. The molecule has 0 heterocycles. The first-order chi connectivity index (χ1) is 12.0. The van der Waals surface area contributed by atoms with Crippen LogP contribution in [0.4, 0.5) is 10.1 Å². The highest BCUT2D eigenvalue weighted by atomic mass is 19.1. The van der Waals surface area contributed by atoms with E-state index in [0.29, 0.717) is 5.56 Å². The number of halogens is 1. The van der Waals surface area contributed by atoms with Crippen molar-refractivity contribution in [3.05, 3.63) is 66.0 Å². The first-order valence-electron chi connectivity index (χ1n) is 7.90. The van der Waals surface area contributed by atoms with Crippen LogP contribution in [0.1, 0.15) is 30.1 Å². The van der Waals surface area contributed by atoms with Gasteiger partial charge in [0.15, 0.2) is 5.78 Å². The number of Topliss-reactive ketones (excluding diaryl/α,β-unsaturated/α-hetero) is 1. The van der Waals surface area contributed by atoms with E-state index >= 15 is 0 Å². The van der Waals surface area contributed by atoms with Gasteiger partial charge in [0, 0.05) is 18.4 Å². The molecule has 1 unspecified atom stereocenters. The Morgan fingerprint density at radius 1 is 0.920 bits per heavy atom. The minimum absolute atomic E-state index is 0.0699. The van der Waals surface area contributed by atoms with Crippen molar-refractivity contribution in [1.29, 1.82) is 0 Å². The van der Waals surface area contributed by atoms with E-state index in [4.69, 9.17) is 0 Å². The molecule has 0 aliphatic heterocycles. The maximum Gasteiger partial charge on any atom is 0.224 e. The van der Waals surface area contributed by atoms with Gasteiger partial charge >= 0.3 is 0 Å². The number of carbonyl (C=O) groups excluding carboxylic acids is 3. The summed E-state index contributed by atoms with van der Waals surface area (Å²) in [4.78, 5) is 35.8. The van der Waals surface area contributed by atoms with Crippen LogP contribution in [0.25, 0.3) is 0 Å². The highest BCUT2D eigenvalue weighted by Crippen LogP contribution is 2.12. The summed E-state index contributed by atoms with van der Waals surface area (Å²) in [6, 6.07) is 13.7. The summed E-state index contributed by atoms with van der Waals surface area (Å²) in [6.45, 7) is 1.59. The van der Waals surface area contributed by atoms with E-state index in [9.17, 15) is 18.8 Å². The number of nitrogens with one attached hydrogen (secondary N) is 2. The first kappa shape index (κ1) is 18.3. The molecule has 6 heteroatoms. The Hall–Kier alpha value is -3.02. The quantitative estimate of drug-likeness (QED) is 0.760. The van der Waals surface area contributed by atoms with Crippen molar-refractivity contribution in [2.45, 2.75) is 25.8 Å². The summed E-state index contributed by atoms with van der Waals surface area (Å²) < 4.78 is 13.4. The zero-order valence-corrected chi connectivity index (χ0v) is 13.8. The SMILES string of the molecule is CC(NC(=O)CCC(=O)Nc1ccccc1F)C(=O)c1ccccc1. The van der Waals surface area contributed by atoms with Crippen LogP contribution < -0.4 is 10.6 Å². The van der Waals surface area contributed by atoms with Gasteiger partial charge in [-0.05, 0) is 19.1 Å². The average Bonchev–Trinajstić information content (AvgIpc) is 2.62. The molecular formula is C19H19FN2O3. The lowest BCUT2D eigenvalue weighted by Crippen LogP contribution is -2.38. The number of anilines is 1. The highest BCUT2D eigenvalue weighted by Gasteiger charge is 2.17. The van der Waals surface area contributed by atoms with Crippen molar-refractivity contribution < 1.29 is 18.8 Å². The third kappa shape index (κ3) is 5.53. The molecule has 2 aromatic rings. The Bertz CT molecular complexity index is 762. The molecule has 0 radical (unpaired) electrons. The summed E-state index contributed by atoms with van der Waals surface area (Å²) in [5, 5.41) is 4.97. The summed E-state index contributed by atoms with van der Waals surface area (Å²) in [6.07, 6.45) is -0.195. The molecule has 1 atom stereocenters. The van der Waals surface area contributed by atoms with E-state index in [1.54, 1.807) is 43.3 Å². The lowest BCUT2D eigenvalue weighted by atomic mass is 10.1. The Balaban J connectivity index is 1.79. The van der Waals surface area contributed by atoms with Crippen molar-refractivity contribution in [2.75, 3.05) is 5.32 Å². The van der Waals surface area contributed by atoms with E-state index in [0.717, 1.165) is 0 Å². The molecule has 0 bridgehead atoms. The van der Waals surface area contributed by atoms with Crippen molar-refractivity contribution >= 4 is 23.3 Å². The van der Waals surface area contributed by atoms with Crippen LogP contribution in [-0.4, -0.2) is 23.6 Å². The Morgan fingerprint density at radius 2 is 1.52 bits per heavy atom. The van der Waals surface area contributed by atoms with Crippen molar-refractivity contribution in [2.24, 2.45) is 0 Å². The van der Waals surface area contributed by atoms with Gasteiger partial charge in [0.2, 0.25) is 11.8 Å². The van der Waals surface area contributed by atoms with Gasteiger partial charge in [-0.3, -0.25) is 14.4 Å². The maximum atomic E-state index is 13.4. The van der Waals surface area contributed by atoms with E-state index < -0.39 is 23.7 Å². The third-order valence-corrected chi connectivity index (χ3v) is 3.56. The van der Waals surface area contributed by atoms with Crippen LogP contribution in [0.2, 0.25) is 0 Å². The number of hydrogen-bond acceptors (Lipinski definition) is 3. The minimum atomic E-state index is -0.690. The van der Waals surface area contributed by atoms with E-state index in [-0.39, 0.29) is 24.3 Å². The van der Waals surface area contributed by atoms with Crippen molar-refractivity contribution in [3.63, 3.8) is 0 Å². The van der Waals surface area contributed by atoms with Gasteiger partial charge in [-0.15, -0.1) is 0 Å². The van der Waals surface area contributed by atoms with Gasteiger partial charge in [-0.2, -0.15) is 0 Å². The minimum Gasteiger partial charge on any atom is -0.346 e. The molecule has 2 rings (SSSR count). The van der Waals surface area contributed by atoms with E-state index in [1.165, 1.54) is 18.2 Å². The molecule has 0 spiro atoms. The largest absolute Gasteiger partial charge is 0.346 e. The fraction of sp³-hybridized carbons (Fsp3) is 0.211. The number of para-hydroxylation sites is 1. The number of ketones is 1. The number of amides is 2. The van der Waals surface area contributed by atoms with Gasteiger partial charge in [0.1, 0.15) is 5.82 Å². The predicted octanol–water partition coefficient (Wildman–Crippen LogP) is 2.93. The number of benzene rings is 2. The van der Waals surface area contributed by atoms with Gasteiger partial charge in [0.25, 0.3) is 0 Å². The molecule has 0 aliphatic carbocycles. The van der Waals surface area contributed by atoms with Crippen molar-refractivity contribution in [3.8, 4) is 0 Å². The second-order valence-corrected chi connectivity index (χ2v) is 5.55. The number of hydrogen-bond donors (Lipinski definition) is 2. The smallest absolute Gasteiger partial charge is 0.224 e. The molecule has 0 aromatic heterocycles. The van der Waals surface area contributed by atoms with E-state index in [1.807, 2.05) is 0 Å². The molecule has 2 aromatic carbocycles. The average molecular weight is 342 g/mol. The number of carbonyl (C=O) groups is 3. The summed E-state index contributed by atoms with van der Waals surface area (Å²) in [5.74, 6) is -1.63. The highest BCUT2D eigenvalue weighted by molar-refractivity contribution is 6.02. The summed E-state index contributed by atoms with van der Waals surface area (Å²) in [7, 11) is 0. The third-order valence-electron chi connectivity index (χ3n) is 3.56. The monoisotopic (exact) mass is 342 g/mol. The molecular weight excluding hydrogens is 323 g/mol. The van der Waals surface area contributed by atoms with Gasteiger partial charge in [-0.25, -0.2) is 4.39 Å². The summed E-state index contributed by atoms with van der Waals surface area (Å²) in [5.41, 5.74) is 0.577. The molecule has 2 N–H and O–H groups in total. The standard InChI is InChI=1S/C19H19FN2O3/c1-13(19(25)14-7-3-2-4-8-14)21-17(23)11-12-18(24)22-16-10-6-5-9-15(16)20/h2-10,13H,11-12H2,1H3,(H,21,23)(H,22,24).